The van der Waals surface area contributed by atoms with Crippen LogP contribution in [0.15, 0.2) is 24.3 Å². The Morgan fingerprint density at radius 3 is 2.08 bits per heavy atom. The summed E-state index contributed by atoms with van der Waals surface area (Å²) in [5.74, 6) is 0. The van der Waals surface area contributed by atoms with Crippen LogP contribution in [0, 0.1) is 0 Å². The van der Waals surface area contributed by atoms with Crippen LogP contribution in [0.25, 0.3) is 0 Å². The summed E-state index contributed by atoms with van der Waals surface area (Å²) in [7, 11) is 0. The number of hydrogen-bond donors (Lipinski definition) is 0. The Hall–Kier alpha value is -0.860. The van der Waals surface area contributed by atoms with E-state index >= 15 is 0 Å². The first-order chi connectivity index (χ1) is 11.7. The van der Waals surface area contributed by atoms with Gasteiger partial charge in [-0.2, -0.15) is 0 Å². The number of likely N-dealkylation sites (tertiary alicyclic amines) is 1. The van der Waals surface area contributed by atoms with E-state index in [4.69, 9.17) is 0 Å². The molecule has 25 heavy (non-hydrogen) atoms. The lowest BCUT2D eigenvalue weighted by Gasteiger charge is -2.38. The predicted octanol–water partition coefficient (Wildman–Crippen LogP) is 5.50. The molecule has 0 aromatic heterocycles. The van der Waals surface area contributed by atoms with Crippen molar-refractivity contribution in [3.05, 3.63) is 35.4 Å². The van der Waals surface area contributed by atoms with Crippen LogP contribution in [0.5, 0.6) is 0 Å². The topological polar surface area (TPSA) is 6.48 Å². The number of rotatable bonds is 6. The first-order valence-corrected chi connectivity index (χ1v) is 10.3. The van der Waals surface area contributed by atoms with Crippen molar-refractivity contribution in [1.29, 1.82) is 0 Å². The fourth-order valence-electron chi connectivity index (χ4n) is 4.17. The van der Waals surface area contributed by atoms with Crippen molar-refractivity contribution in [1.82, 2.24) is 9.80 Å². The maximum atomic E-state index is 2.72. The molecule has 1 aromatic rings. The van der Waals surface area contributed by atoms with Crippen molar-refractivity contribution >= 4 is 0 Å². The summed E-state index contributed by atoms with van der Waals surface area (Å²) < 4.78 is 0. The zero-order valence-corrected chi connectivity index (χ0v) is 17.6. The second-order valence-corrected chi connectivity index (χ2v) is 9.40. The minimum atomic E-state index is 0.218. The molecule has 0 unspecified atom stereocenters. The lowest BCUT2D eigenvalue weighted by atomic mass is 9.91. The van der Waals surface area contributed by atoms with E-state index in [-0.39, 0.29) is 11.1 Å². The van der Waals surface area contributed by atoms with E-state index < -0.39 is 0 Å². The highest BCUT2D eigenvalue weighted by Gasteiger charge is 2.27. The lowest BCUT2D eigenvalue weighted by Crippen LogP contribution is -2.46. The summed E-state index contributed by atoms with van der Waals surface area (Å²) >= 11 is 0. The molecular weight excluding hydrogens is 304 g/mol. The largest absolute Gasteiger partial charge is 0.298 e. The number of hydrogen-bond acceptors (Lipinski definition) is 2. The molecule has 2 rings (SSSR count). The van der Waals surface area contributed by atoms with Crippen LogP contribution in [0.4, 0.5) is 0 Å². The van der Waals surface area contributed by atoms with Gasteiger partial charge in [-0.05, 0) is 84.6 Å². The second-order valence-electron chi connectivity index (χ2n) is 9.40. The monoisotopic (exact) mass is 344 g/mol. The molecule has 0 amide bonds. The van der Waals surface area contributed by atoms with Crippen molar-refractivity contribution in [2.75, 3.05) is 19.6 Å². The van der Waals surface area contributed by atoms with Crippen LogP contribution in [0.3, 0.4) is 0 Å². The lowest BCUT2D eigenvalue weighted by molar-refractivity contribution is 0.124. The van der Waals surface area contributed by atoms with Gasteiger partial charge in [-0.1, -0.05) is 44.0 Å². The highest BCUT2D eigenvalue weighted by atomic mass is 15.2. The van der Waals surface area contributed by atoms with Crippen LogP contribution in [-0.4, -0.2) is 40.5 Å². The third-order valence-corrected chi connectivity index (χ3v) is 5.79. The Bertz CT molecular complexity index is 519. The van der Waals surface area contributed by atoms with E-state index in [2.05, 4.69) is 75.6 Å². The van der Waals surface area contributed by atoms with Crippen molar-refractivity contribution in [2.24, 2.45) is 0 Å². The van der Waals surface area contributed by atoms with Gasteiger partial charge in [0.15, 0.2) is 0 Å². The molecule has 0 aliphatic carbocycles. The molecule has 142 valence electrons. The molecule has 1 fully saturated rings. The van der Waals surface area contributed by atoms with E-state index in [9.17, 15) is 0 Å². The summed E-state index contributed by atoms with van der Waals surface area (Å²) in [6, 6.07) is 9.29. The minimum Gasteiger partial charge on any atom is -0.298 e. The molecule has 1 saturated heterocycles. The van der Waals surface area contributed by atoms with Crippen LogP contribution in [0.2, 0.25) is 0 Å². The average molecular weight is 345 g/mol. The zero-order chi connectivity index (χ0) is 18.5. The normalized spacial score (nSPS) is 17.7. The third-order valence-electron chi connectivity index (χ3n) is 5.79. The van der Waals surface area contributed by atoms with Crippen molar-refractivity contribution in [2.45, 2.75) is 91.3 Å². The smallest absolute Gasteiger partial charge is 0.0238 e. The Morgan fingerprint density at radius 1 is 0.920 bits per heavy atom. The maximum Gasteiger partial charge on any atom is 0.0238 e. The SMILES string of the molecule is CCN(Cc1cccc(CC(C)(C)N2CCCCCC2)c1)C(C)(C)C. The highest BCUT2D eigenvalue weighted by Crippen LogP contribution is 2.25. The fraction of sp³-hybridized carbons (Fsp3) is 0.739. The molecule has 0 saturated carbocycles. The van der Waals surface area contributed by atoms with Gasteiger partial charge in [0.25, 0.3) is 0 Å². The van der Waals surface area contributed by atoms with E-state index in [1.807, 2.05) is 0 Å². The molecule has 0 bridgehead atoms. The molecule has 1 heterocycles. The van der Waals surface area contributed by atoms with Crippen LogP contribution >= 0.6 is 0 Å². The van der Waals surface area contributed by atoms with Gasteiger partial charge in [0.2, 0.25) is 0 Å². The van der Waals surface area contributed by atoms with Crippen LogP contribution < -0.4 is 0 Å². The Balaban J connectivity index is 2.07. The van der Waals surface area contributed by atoms with Gasteiger partial charge in [-0.25, -0.2) is 0 Å². The van der Waals surface area contributed by atoms with E-state index in [1.54, 1.807) is 0 Å². The first-order valence-electron chi connectivity index (χ1n) is 10.3. The molecular formula is C23H40N2. The van der Waals surface area contributed by atoms with Crippen molar-refractivity contribution in [3.63, 3.8) is 0 Å². The number of nitrogens with zero attached hydrogens (tertiary/aromatic N) is 2. The van der Waals surface area contributed by atoms with Crippen LogP contribution in [-0.2, 0) is 13.0 Å². The summed E-state index contributed by atoms with van der Waals surface area (Å²) in [5.41, 5.74) is 3.39. The van der Waals surface area contributed by atoms with Crippen molar-refractivity contribution < 1.29 is 0 Å². The Morgan fingerprint density at radius 2 is 1.52 bits per heavy atom. The first kappa shape index (κ1) is 20.5. The van der Waals surface area contributed by atoms with E-state index in [1.165, 1.54) is 49.9 Å². The van der Waals surface area contributed by atoms with Gasteiger partial charge in [0, 0.05) is 17.6 Å². The summed E-state index contributed by atoms with van der Waals surface area (Å²) in [6.07, 6.45) is 6.67. The predicted molar refractivity (Wildman–Crippen MR) is 110 cm³/mol. The molecule has 1 aromatic carbocycles. The maximum absolute atomic E-state index is 2.72. The minimum absolute atomic E-state index is 0.218. The molecule has 2 heteroatoms. The summed E-state index contributed by atoms with van der Waals surface area (Å²) in [6.45, 7) is 18.7. The van der Waals surface area contributed by atoms with Gasteiger partial charge in [-0.15, -0.1) is 0 Å². The second kappa shape index (κ2) is 8.68. The molecule has 1 aliphatic heterocycles. The van der Waals surface area contributed by atoms with Gasteiger partial charge < -0.3 is 0 Å². The summed E-state index contributed by atoms with van der Waals surface area (Å²) in [5, 5.41) is 0. The molecule has 0 atom stereocenters. The Labute approximate surface area is 156 Å². The number of benzene rings is 1. The molecule has 0 radical (unpaired) electrons. The average Bonchev–Trinajstić information content (AvgIpc) is 2.81. The molecule has 0 spiro atoms. The summed E-state index contributed by atoms with van der Waals surface area (Å²) in [4.78, 5) is 5.27. The standard InChI is InChI=1S/C23H40N2/c1-7-24(22(2,3)4)19-21-14-12-13-20(17-21)18-23(5,6)25-15-10-8-9-11-16-25/h12-14,17H,7-11,15-16,18-19H2,1-6H3. The van der Waals surface area contributed by atoms with Gasteiger partial charge in [0.05, 0.1) is 0 Å². The van der Waals surface area contributed by atoms with Crippen LogP contribution in [0.1, 0.15) is 78.4 Å². The van der Waals surface area contributed by atoms with Gasteiger partial charge in [0.1, 0.15) is 0 Å². The Kier molecular flexibility index (Phi) is 7.10. The fourth-order valence-corrected chi connectivity index (χ4v) is 4.17. The third kappa shape index (κ3) is 6.11. The molecule has 1 aliphatic rings. The zero-order valence-electron chi connectivity index (χ0n) is 17.6. The highest BCUT2D eigenvalue weighted by molar-refractivity contribution is 5.25. The quantitative estimate of drug-likeness (QED) is 0.672. The van der Waals surface area contributed by atoms with Gasteiger partial charge >= 0.3 is 0 Å². The van der Waals surface area contributed by atoms with E-state index in [0.29, 0.717) is 0 Å². The van der Waals surface area contributed by atoms with Crippen molar-refractivity contribution in [3.8, 4) is 0 Å². The molecule has 0 N–H and O–H groups in total. The molecule has 2 nitrogen and oxygen atoms in total. The van der Waals surface area contributed by atoms with E-state index in [0.717, 1.165) is 19.5 Å². The van der Waals surface area contributed by atoms with Gasteiger partial charge in [-0.3, -0.25) is 9.80 Å².